The zero-order valence-corrected chi connectivity index (χ0v) is 14.1. The molecule has 2 saturated heterocycles. The van der Waals surface area contributed by atoms with Gasteiger partial charge in [-0.3, -0.25) is 14.7 Å². The van der Waals surface area contributed by atoms with E-state index in [0.717, 1.165) is 45.7 Å². The van der Waals surface area contributed by atoms with Crippen molar-refractivity contribution in [3.63, 3.8) is 0 Å². The minimum Gasteiger partial charge on any atom is -0.381 e. The molecule has 0 saturated carbocycles. The smallest absolute Gasteiger partial charge is 0.225 e. The summed E-state index contributed by atoms with van der Waals surface area (Å²) in [5.41, 5.74) is 1.28. The van der Waals surface area contributed by atoms with Gasteiger partial charge in [-0.25, -0.2) is 0 Å². The number of likely N-dealkylation sites (tertiary alicyclic amines) is 1. The van der Waals surface area contributed by atoms with Gasteiger partial charge in [0.2, 0.25) is 5.91 Å². The molecule has 126 valence electrons. The maximum atomic E-state index is 12.7. The third kappa shape index (κ3) is 3.72. The Bertz CT molecular complexity index is 526. The Labute approximate surface area is 138 Å². The van der Waals surface area contributed by atoms with Crippen LogP contribution in [0, 0.1) is 11.3 Å². The minimum absolute atomic E-state index is 0.0606. The molecule has 0 unspecified atom stereocenters. The van der Waals surface area contributed by atoms with Crippen molar-refractivity contribution in [1.29, 1.82) is 0 Å². The monoisotopic (exact) mass is 317 g/mol. The zero-order chi connectivity index (χ0) is 16.3. The summed E-state index contributed by atoms with van der Waals surface area (Å²) >= 11 is 0. The highest BCUT2D eigenvalue weighted by Gasteiger charge is 2.50. The van der Waals surface area contributed by atoms with Gasteiger partial charge in [-0.15, -0.1) is 0 Å². The van der Waals surface area contributed by atoms with Gasteiger partial charge in [0, 0.05) is 56.7 Å². The molecule has 0 radical (unpaired) electrons. The number of hydrogen-bond acceptors (Lipinski definition) is 4. The first-order valence-electron chi connectivity index (χ1n) is 8.58. The van der Waals surface area contributed by atoms with Crippen molar-refractivity contribution in [3.8, 4) is 0 Å². The van der Waals surface area contributed by atoms with Crippen molar-refractivity contribution in [3.05, 3.63) is 30.1 Å². The van der Waals surface area contributed by atoms with Crippen molar-refractivity contribution < 1.29 is 9.53 Å². The van der Waals surface area contributed by atoms with Crippen LogP contribution in [0.4, 0.5) is 0 Å². The largest absolute Gasteiger partial charge is 0.381 e. The Balaban J connectivity index is 1.74. The number of rotatable bonds is 4. The highest BCUT2D eigenvalue weighted by molar-refractivity contribution is 5.80. The van der Waals surface area contributed by atoms with Crippen LogP contribution in [0.1, 0.15) is 32.3 Å². The average molecular weight is 317 g/mol. The number of amides is 1. The molecule has 1 spiro atoms. The molecule has 0 aliphatic carbocycles. The van der Waals surface area contributed by atoms with E-state index in [9.17, 15) is 4.79 Å². The van der Waals surface area contributed by atoms with Crippen LogP contribution in [0.3, 0.4) is 0 Å². The van der Waals surface area contributed by atoms with E-state index in [4.69, 9.17) is 4.74 Å². The number of hydrogen-bond donors (Lipinski definition) is 1. The number of nitrogens with one attached hydrogen (secondary N) is 1. The fourth-order valence-corrected chi connectivity index (χ4v) is 3.97. The van der Waals surface area contributed by atoms with Crippen LogP contribution >= 0.6 is 0 Å². The fraction of sp³-hybridized carbons (Fsp3) is 0.667. The van der Waals surface area contributed by atoms with E-state index < -0.39 is 0 Å². The molecule has 1 amide bonds. The number of nitrogens with zero attached hydrogens (tertiary/aromatic N) is 2. The molecule has 1 aromatic rings. The minimum atomic E-state index is 0.0606. The Kier molecular flexibility index (Phi) is 4.97. The Morgan fingerprint density at radius 3 is 2.91 bits per heavy atom. The van der Waals surface area contributed by atoms with E-state index in [1.54, 1.807) is 6.20 Å². The lowest BCUT2D eigenvalue weighted by Crippen LogP contribution is -2.46. The van der Waals surface area contributed by atoms with Gasteiger partial charge in [-0.2, -0.15) is 0 Å². The molecule has 23 heavy (non-hydrogen) atoms. The fourth-order valence-electron chi connectivity index (χ4n) is 3.97. The molecule has 2 fully saturated rings. The second-order valence-electron chi connectivity index (χ2n) is 7.22. The van der Waals surface area contributed by atoms with E-state index in [1.165, 1.54) is 5.56 Å². The van der Waals surface area contributed by atoms with Crippen LogP contribution in [0.5, 0.6) is 0 Å². The second-order valence-corrected chi connectivity index (χ2v) is 7.22. The van der Waals surface area contributed by atoms with E-state index in [1.807, 2.05) is 26.1 Å². The molecule has 0 aromatic carbocycles. The summed E-state index contributed by atoms with van der Waals surface area (Å²) in [7, 11) is 0. The van der Waals surface area contributed by atoms with Crippen molar-refractivity contribution in [1.82, 2.24) is 15.2 Å². The predicted octanol–water partition coefficient (Wildman–Crippen LogP) is 1.83. The summed E-state index contributed by atoms with van der Waals surface area (Å²) in [6.45, 7) is 8.25. The molecule has 1 N–H and O–H groups in total. The molecule has 2 aliphatic heterocycles. The van der Waals surface area contributed by atoms with Crippen LogP contribution in [-0.2, 0) is 16.1 Å². The summed E-state index contributed by atoms with van der Waals surface area (Å²) in [5, 5.41) is 3.12. The third-order valence-electron chi connectivity index (χ3n) is 5.08. The van der Waals surface area contributed by atoms with Gasteiger partial charge in [0.1, 0.15) is 0 Å². The number of carbonyl (C=O) groups excluding carboxylic acids is 1. The van der Waals surface area contributed by atoms with Gasteiger partial charge in [-0.05, 0) is 38.3 Å². The lowest BCUT2D eigenvalue weighted by atomic mass is 9.71. The van der Waals surface area contributed by atoms with Crippen LogP contribution in [0.25, 0.3) is 0 Å². The molecule has 0 bridgehead atoms. The molecule has 3 rings (SSSR count). The lowest BCUT2D eigenvalue weighted by molar-refractivity contribution is -0.130. The van der Waals surface area contributed by atoms with Gasteiger partial charge in [-0.1, -0.05) is 6.07 Å². The summed E-state index contributed by atoms with van der Waals surface area (Å²) in [6, 6.07) is 4.26. The summed E-state index contributed by atoms with van der Waals surface area (Å²) in [4.78, 5) is 19.3. The maximum Gasteiger partial charge on any atom is 0.225 e. The van der Waals surface area contributed by atoms with E-state index in [0.29, 0.717) is 0 Å². The van der Waals surface area contributed by atoms with Crippen molar-refractivity contribution in [2.45, 2.75) is 39.3 Å². The highest BCUT2D eigenvalue weighted by Crippen LogP contribution is 2.44. The number of pyridine rings is 1. The van der Waals surface area contributed by atoms with E-state index in [-0.39, 0.29) is 23.3 Å². The molecule has 1 atom stereocenters. The maximum absolute atomic E-state index is 12.7. The van der Waals surface area contributed by atoms with E-state index in [2.05, 4.69) is 21.3 Å². The van der Waals surface area contributed by atoms with Crippen molar-refractivity contribution >= 4 is 5.91 Å². The van der Waals surface area contributed by atoms with Crippen LogP contribution in [0.15, 0.2) is 24.5 Å². The standard InChI is InChI=1S/C18H27N3O2/c1-14(2)20-17(22)16-12-21(11-15-4-3-7-19-10-15)13-18(16)5-8-23-9-6-18/h3-4,7,10,14,16H,5-6,8-9,11-13H2,1-2H3,(H,20,22)/t16-/m0/s1. The molecule has 3 heterocycles. The number of carbonyl (C=O) groups is 1. The lowest BCUT2D eigenvalue weighted by Gasteiger charge is -2.37. The predicted molar refractivity (Wildman–Crippen MR) is 88.8 cm³/mol. The Morgan fingerprint density at radius 2 is 2.26 bits per heavy atom. The van der Waals surface area contributed by atoms with Gasteiger partial charge in [0.05, 0.1) is 5.92 Å². The topological polar surface area (TPSA) is 54.5 Å². The number of aromatic nitrogens is 1. The van der Waals surface area contributed by atoms with Gasteiger partial charge < -0.3 is 10.1 Å². The zero-order valence-electron chi connectivity index (χ0n) is 14.1. The highest BCUT2D eigenvalue weighted by atomic mass is 16.5. The average Bonchev–Trinajstić information content (AvgIpc) is 2.86. The molecule has 5 nitrogen and oxygen atoms in total. The summed E-state index contributed by atoms with van der Waals surface area (Å²) < 4.78 is 5.56. The van der Waals surface area contributed by atoms with E-state index >= 15 is 0 Å². The normalized spacial score (nSPS) is 24.2. The Hall–Kier alpha value is -1.46. The third-order valence-corrected chi connectivity index (χ3v) is 5.08. The first kappa shape index (κ1) is 16.4. The van der Waals surface area contributed by atoms with Crippen LogP contribution in [0.2, 0.25) is 0 Å². The molecular formula is C18H27N3O2. The van der Waals surface area contributed by atoms with Crippen LogP contribution in [-0.4, -0.2) is 48.1 Å². The van der Waals surface area contributed by atoms with Gasteiger partial charge in [0.25, 0.3) is 0 Å². The molecular weight excluding hydrogens is 290 g/mol. The van der Waals surface area contributed by atoms with Crippen LogP contribution < -0.4 is 5.32 Å². The molecule has 5 heteroatoms. The quantitative estimate of drug-likeness (QED) is 0.920. The van der Waals surface area contributed by atoms with Gasteiger partial charge in [0.15, 0.2) is 0 Å². The first-order valence-corrected chi connectivity index (χ1v) is 8.58. The second kappa shape index (κ2) is 6.97. The van der Waals surface area contributed by atoms with Crippen molar-refractivity contribution in [2.24, 2.45) is 11.3 Å². The van der Waals surface area contributed by atoms with Crippen molar-refractivity contribution in [2.75, 3.05) is 26.3 Å². The molecule has 2 aliphatic rings. The SMILES string of the molecule is CC(C)NC(=O)[C@@H]1CN(Cc2cccnc2)CC12CCOCC2. The summed E-state index contributed by atoms with van der Waals surface area (Å²) in [5.74, 6) is 0.265. The number of ether oxygens (including phenoxy) is 1. The Morgan fingerprint density at radius 1 is 1.48 bits per heavy atom. The molecule has 1 aromatic heterocycles. The first-order chi connectivity index (χ1) is 11.1. The van der Waals surface area contributed by atoms with Gasteiger partial charge >= 0.3 is 0 Å². The summed E-state index contributed by atoms with van der Waals surface area (Å²) in [6.07, 6.45) is 5.67.